The molecular weight excluding hydrogens is 282 g/mol. The molecule has 1 aliphatic heterocycles. The van der Waals surface area contributed by atoms with E-state index in [-0.39, 0.29) is 11.9 Å². The average molecular weight is 311 g/mol. The van der Waals surface area contributed by atoms with Gasteiger partial charge in [-0.15, -0.1) is 0 Å². The summed E-state index contributed by atoms with van der Waals surface area (Å²) in [6.45, 7) is 5.87. The minimum absolute atomic E-state index is 0.0117. The minimum Gasteiger partial charge on any atom is -0.369 e. The maximum absolute atomic E-state index is 12.3. The second-order valence-corrected chi connectivity index (χ2v) is 6.78. The number of rotatable bonds is 3. The SMILES string of the molecule is COC(C)(C)C(=O)N1CCN(C(=O)NC2CCCCC2)CC1. The fourth-order valence-corrected chi connectivity index (χ4v) is 3.09. The maximum Gasteiger partial charge on any atom is 0.317 e. The number of nitrogens with one attached hydrogen (secondary N) is 1. The molecule has 0 spiro atoms. The number of methoxy groups -OCH3 is 1. The molecule has 126 valence electrons. The van der Waals surface area contributed by atoms with Gasteiger partial charge in [0, 0.05) is 39.3 Å². The largest absolute Gasteiger partial charge is 0.369 e. The minimum atomic E-state index is -0.799. The number of urea groups is 1. The molecule has 0 bridgehead atoms. The summed E-state index contributed by atoms with van der Waals surface area (Å²) in [5.74, 6) is -0.0117. The van der Waals surface area contributed by atoms with E-state index in [1.54, 1.807) is 25.9 Å². The van der Waals surface area contributed by atoms with Crippen LogP contribution in [0.5, 0.6) is 0 Å². The summed E-state index contributed by atoms with van der Waals surface area (Å²) >= 11 is 0. The molecule has 0 unspecified atom stereocenters. The summed E-state index contributed by atoms with van der Waals surface area (Å²) in [4.78, 5) is 28.2. The third-order valence-electron chi connectivity index (χ3n) is 4.81. The molecule has 1 saturated heterocycles. The van der Waals surface area contributed by atoms with E-state index >= 15 is 0 Å². The number of ether oxygens (including phenoxy) is 1. The molecular formula is C16H29N3O3. The van der Waals surface area contributed by atoms with Crippen LogP contribution in [-0.4, -0.2) is 66.7 Å². The van der Waals surface area contributed by atoms with E-state index in [1.807, 2.05) is 4.90 Å². The predicted molar refractivity (Wildman–Crippen MR) is 84.6 cm³/mol. The number of amides is 3. The van der Waals surface area contributed by atoms with Gasteiger partial charge in [-0.05, 0) is 26.7 Å². The summed E-state index contributed by atoms with van der Waals surface area (Å²) in [6, 6.07) is 0.346. The lowest BCUT2D eigenvalue weighted by Gasteiger charge is -2.38. The third kappa shape index (κ3) is 4.12. The standard InChI is InChI=1S/C16H29N3O3/c1-16(2,22-3)14(20)18-9-11-19(12-10-18)15(21)17-13-7-5-4-6-8-13/h13H,4-12H2,1-3H3,(H,17,21). The van der Waals surface area contributed by atoms with E-state index in [0.29, 0.717) is 32.2 Å². The fraction of sp³-hybridized carbons (Fsp3) is 0.875. The van der Waals surface area contributed by atoms with Crippen LogP contribution in [0.25, 0.3) is 0 Å². The second-order valence-electron chi connectivity index (χ2n) is 6.78. The number of carbonyl (C=O) groups is 2. The van der Waals surface area contributed by atoms with Gasteiger partial charge in [-0.25, -0.2) is 4.79 Å². The van der Waals surface area contributed by atoms with E-state index < -0.39 is 5.60 Å². The lowest BCUT2D eigenvalue weighted by Crippen LogP contribution is -2.57. The van der Waals surface area contributed by atoms with Crippen LogP contribution in [0.1, 0.15) is 46.0 Å². The van der Waals surface area contributed by atoms with Gasteiger partial charge < -0.3 is 19.9 Å². The number of carbonyl (C=O) groups excluding carboxylic acids is 2. The Labute approximate surface area is 133 Å². The molecule has 1 saturated carbocycles. The highest BCUT2D eigenvalue weighted by atomic mass is 16.5. The van der Waals surface area contributed by atoms with Crippen molar-refractivity contribution in [2.75, 3.05) is 33.3 Å². The topological polar surface area (TPSA) is 61.9 Å². The lowest BCUT2D eigenvalue weighted by atomic mass is 9.96. The van der Waals surface area contributed by atoms with Crippen molar-refractivity contribution >= 4 is 11.9 Å². The molecule has 2 fully saturated rings. The number of hydrogen-bond donors (Lipinski definition) is 1. The average Bonchev–Trinajstić information content (AvgIpc) is 2.55. The van der Waals surface area contributed by atoms with Crippen LogP contribution in [0.2, 0.25) is 0 Å². The molecule has 0 aromatic rings. The van der Waals surface area contributed by atoms with Crippen LogP contribution in [0.4, 0.5) is 4.79 Å². The van der Waals surface area contributed by atoms with Gasteiger partial charge in [-0.2, -0.15) is 0 Å². The van der Waals surface area contributed by atoms with Crippen LogP contribution in [0.3, 0.4) is 0 Å². The Morgan fingerprint density at radius 3 is 2.09 bits per heavy atom. The van der Waals surface area contributed by atoms with E-state index in [9.17, 15) is 9.59 Å². The van der Waals surface area contributed by atoms with E-state index in [2.05, 4.69) is 5.32 Å². The second kappa shape index (κ2) is 7.31. The van der Waals surface area contributed by atoms with Crippen molar-refractivity contribution in [3.8, 4) is 0 Å². The molecule has 22 heavy (non-hydrogen) atoms. The van der Waals surface area contributed by atoms with Crippen molar-refractivity contribution in [1.29, 1.82) is 0 Å². The highest BCUT2D eigenvalue weighted by Crippen LogP contribution is 2.18. The molecule has 2 rings (SSSR count). The van der Waals surface area contributed by atoms with Crippen molar-refractivity contribution in [2.45, 2.75) is 57.6 Å². The van der Waals surface area contributed by atoms with Crippen LogP contribution in [0, 0.1) is 0 Å². The van der Waals surface area contributed by atoms with Gasteiger partial charge in [0.25, 0.3) is 5.91 Å². The summed E-state index contributed by atoms with van der Waals surface area (Å²) in [5, 5.41) is 3.13. The van der Waals surface area contributed by atoms with Crippen LogP contribution in [-0.2, 0) is 9.53 Å². The Bertz CT molecular complexity index is 397. The molecule has 0 aromatic carbocycles. The molecule has 1 heterocycles. The Morgan fingerprint density at radius 1 is 1.00 bits per heavy atom. The zero-order chi connectivity index (χ0) is 16.2. The van der Waals surface area contributed by atoms with Crippen LogP contribution in [0.15, 0.2) is 0 Å². The third-order valence-corrected chi connectivity index (χ3v) is 4.81. The molecule has 2 aliphatic rings. The highest BCUT2D eigenvalue weighted by molar-refractivity contribution is 5.84. The van der Waals surface area contributed by atoms with E-state index in [1.165, 1.54) is 19.3 Å². The Hall–Kier alpha value is -1.30. The summed E-state index contributed by atoms with van der Waals surface area (Å²) < 4.78 is 5.24. The predicted octanol–water partition coefficient (Wildman–Crippen LogP) is 1.60. The molecule has 0 atom stereocenters. The number of piperazine rings is 1. The molecule has 0 aromatic heterocycles. The van der Waals surface area contributed by atoms with Crippen molar-refractivity contribution < 1.29 is 14.3 Å². The molecule has 6 nitrogen and oxygen atoms in total. The van der Waals surface area contributed by atoms with Crippen molar-refractivity contribution in [1.82, 2.24) is 15.1 Å². The van der Waals surface area contributed by atoms with Gasteiger partial charge in [0.2, 0.25) is 0 Å². The molecule has 0 radical (unpaired) electrons. The first-order valence-corrected chi connectivity index (χ1v) is 8.34. The van der Waals surface area contributed by atoms with E-state index in [4.69, 9.17) is 4.74 Å². The highest BCUT2D eigenvalue weighted by Gasteiger charge is 2.34. The van der Waals surface area contributed by atoms with Gasteiger partial charge in [-0.1, -0.05) is 19.3 Å². The zero-order valence-corrected chi connectivity index (χ0v) is 14.1. The Balaban J connectivity index is 1.79. The maximum atomic E-state index is 12.3. The van der Waals surface area contributed by atoms with Gasteiger partial charge >= 0.3 is 6.03 Å². The van der Waals surface area contributed by atoms with Crippen LogP contribution < -0.4 is 5.32 Å². The molecule has 6 heteroatoms. The summed E-state index contributed by atoms with van der Waals surface area (Å²) in [6.07, 6.45) is 5.87. The number of hydrogen-bond acceptors (Lipinski definition) is 3. The van der Waals surface area contributed by atoms with Gasteiger partial charge in [-0.3, -0.25) is 4.79 Å². The molecule has 1 N–H and O–H groups in total. The molecule has 1 aliphatic carbocycles. The first-order chi connectivity index (χ1) is 10.4. The van der Waals surface area contributed by atoms with Gasteiger partial charge in [0.1, 0.15) is 5.60 Å². The van der Waals surface area contributed by atoms with Gasteiger partial charge in [0.15, 0.2) is 0 Å². The van der Waals surface area contributed by atoms with Crippen LogP contribution >= 0.6 is 0 Å². The Kier molecular flexibility index (Phi) is 5.67. The summed E-state index contributed by atoms with van der Waals surface area (Å²) in [5.41, 5.74) is -0.799. The normalized spacial score (nSPS) is 20.9. The first-order valence-electron chi connectivity index (χ1n) is 8.34. The van der Waals surface area contributed by atoms with Crippen molar-refractivity contribution in [3.05, 3.63) is 0 Å². The monoisotopic (exact) mass is 311 g/mol. The zero-order valence-electron chi connectivity index (χ0n) is 14.1. The lowest BCUT2D eigenvalue weighted by molar-refractivity contribution is -0.152. The van der Waals surface area contributed by atoms with E-state index in [0.717, 1.165) is 12.8 Å². The van der Waals surface area contributed by atoms with Crippen molar-refractivity contribution in [2.24, 2.45) is 0 Å². The quantitative estimate of drug-likeness (QED) is 0.861. The first kappa shape index (κ1) is 17.1. The number of nitrogens with zero attached hydrogens (tertiary/aromatic N) is 2. The Morgan fingerprint density at radius 2 is 1.55 bits per heavy atom. The smallest absolute Gasteiger partial charge is 0.317 e. The fourth-order valence-electron chi connectivity index (χ4n) is 3.09. The van der Waals surface area contributed by atoms with Crippen molar-refractivity contribution in [3.63, 3.8) is 0 Å². The summed E-state index contributed by atoms with van der Waals surface area (Å²) in [7, 11) is 1.55. The molecule has 3 amide bonds. The van der Waals surface area contributed by atoms with Gasteiger partial charge in [0.05, 0.1) is 0 Å².